The van der Waals surface area contributed by atoms with Crippen LogP contribution < -0.4 is 5.73 Å². The minimum atomic E-state index is -0.586. The summed E-state index contributed by atoms with van der Waals surface area (Å²) in [6.45, 7) is 5.63. The third-order valence-corrected chi connectivity index (χ3v) is 6.25. The molecule has 3 aliphatic rings. The molecule has 2 aliphatic heterocycles. The number of nitrogens with two attached hydrogens (primary N) is 1. The summed E-state index contributed by atoms with van der Waals surface area (Å²) in [4.78, 5) is 16.7. The lowest BCUT2D eigenvalue weighted by Gasteiger charge is -2.43. The van der Waals surface area contributed by atoms with Crippen molar-refractivity contribution >= 4 is 5.91 Å². The molecule has 0 spiro atoms. The molecule has 1 amide bonds. The maximum atomic E-state index is 12.0. The van der Waals surface area contributed by atoms with Gasteiger partial charge < -0.3 is 10.5 Å². The van der Waals surface area contributed by atoms with E-state index in [1.807, 2.05) is 6.20 Å². The lowest BCUT2D eigenvalue weighted by Crippen LogP contribution is -2.63. The molecule has 4 rings (SSSR count). The SMILES string of the molecule is NC(=O)C1(N2CCN(Cc3ccnn3C3CCCC3)CC2)CCOC1. The third kappa shape index (κ3) is 3.20. The first-order chi connectivity index (χ1) is 12.2. The molecule has 1 aliphatic carbocycles. The zero-order chi connectivity index (χ0) is 17.3. The Balaban J connectivity index is 1.37. The summed E-state index contributed by atoms with van der Waals surface area (Å²) in [5.41, 5.74) is 6.44. The van der Waals surface area contributed by atoms with Gasteiger partial charge in [-0.25, -0.2) is 0 Å². The summed E-state index contributed by atoms with van der Waals surface area (Å²) < 4.78 is 7.74. The van der Waals surface area contributed by atoms with Crippen LogP contribution in [0.4, 0.5) is 0 Å². The molecule has 3 fully saturated rings. The molecule has 0 aromatic carbocycles. The lowest BCUT2D eigenvalue weighted by molar-refractivity contribution is -0.132. The fourth-order valence-corrected chi connectivity index (χ4v) is 4.66. The fourth-order valence-electron chi connectivity index (χ4n) is 4.66. The van der Waals surface area contributed by atoms with Crippen LogP contribution in [0.5, 0.6) is 0 Å². The van der Waals surface area contributed by atoms with Gasteiger partial charge in [0.2, 0.25) is 5.91 Å². The van der Waals surface area contributed by atoms with Gasteiger partial charge in [0.1, 0.15) is 5.54 Å². The summed E-state index contributed by atoms with van der Waals surface area (Å²) in [6, 6.07) is 2.74. The second kappa shape index (κ2) is 7.05. The van der Waals surface area contributed by atoms with Crippen molar-refractivity contribution < 1.29 is 9.53 Å². The number of carbonyl (C=O) groups excluding carboxylic acids is 1. The summed E-state index contributed by atoms with van der Waals surface area (Å²) in [5, 5.41) is 4.58. The molecule has 0 bridgehead atoms. The fraction of sp³-hybridized carbons (Fsp3) is 0.778. The minimum absolute atomic E-state index is 0.238. The van der Waals surface area contributed by atoms with Gasteiger partial charge in [0.05, 0.1) is 18.3 Å². The predicted octanol–water partition coefficient (Wildman–Crippen LogP) is 0.760. The van der Waals surface area contributed by atoms with Crippen molar-refractivity contribution in [1.82, 2.24) is 19.6 Å². The zero-order valence-electron chi connectivity index (χ0n) is 14.9. The van der Waals surface area contributed by atoms with Crippen molar-refractivity contribution in [2.75, 3.05) is 39.4 Å². The van der Waals surface area contributed by atoms with E-state index in [-0.39, 0.29) is 5.91 Å². The van der Waals surface area contributed by atoms with Crippen LogP contribution >= 0.6 is 0 Å². The number of piperazine rings is 1. The van der Waals surface area contributed by atoms with Crippen LogP contribution in [0.15, 0.2) is 12.3 Å². The molecule has 25 heavy (non-hydrogen) atoms. The van der Waals surface area contributed by atoms with E-state index in [4.69, 9.17) is 10.5 Å². The highest BCUT2D eigenvalue weighted by Gasteiger charge is 2.46. The van der Waals surface area contributed by atoms with Crippen molar-refractivity contribution in [2.24, 2.45) is 5.73 Å². The zero-order valence-corrected chi connectivity index (χ0v) is 14.9. The van der Waals surface area contributed by atoms with Gasteiger partial charge in [-0.3, -0.25) is 19.3 Å². The van der Waals surface area contributed by atoms with E-state index in [1.54, 1.807) is 0 Å². The molecule has 7 nitrogen and oxygen atoms in total. The van der Waals surface area contributed by atoms with Gasteiger partial charge in [0.25, 0.3) is 0 Å². The molecule has 1 atom stereocenters. The van der Waals surface area contributed by atoms with Gasteiger partial charge in [-0.15, -0.1) is 0 Å². The Morgan fingerprint density at radius 3 is 2.68 bits per heavy atom. The molecule has 138 valence electrons. The van der Waals surface area contributed by atoms with E-state index in [0.717, 1.165) is 39.1 Å². The number of carbonyl (C=O) groups is 1. The van der Waals surface area contributed by atoms with Gasteiger partial charge in [-0.2, -0.15) is 5.10 Å². The maximum Gasteiger partial charge on any atom is 0.240 e. The number of aromatic nitrogens is 2. The van der Waals surface area contributed by atoms with Crippen LogP contribution in [0.3, 0.4) is 0 Å². The summed E-state index contributed by atoms with van der Waals surface area (Å²) in [6.07, 6.45) is 7.80. The molecule has 2 saturated heterocycles. The van der Waals surface area contributed by atoms with Crippen molar-refractivity contribution in [1.29, 1.82) is 0 Å². The van der Waals surface area contributed by atoms with E-state index < -0.39 is 5.54 Å². The third-order valence-electron chi connectivity index (χ3n) is 6.25. The van der Waals surface area contributed by atoms with E-state index >= 15 is 0 Å². The Bertz CT molecular complexity index is 596. The molecule has 1 aromatic rings. The van der Waals surface area contributed by atoms with E-state index in [9.17, 15) is 4.79 Å². The summed E-state index contributed by atoms with van der Waals surface area (Å²) >= 11 is 0. The number of hydrogen-bond donors (Lipinski definition) is 1. The largest absolute Gasteiger partial charge is 0.379 e. The lowest BCUT2D eigenvalue weighted by atomic mass is 9.94. The van der Waals surface area contributed by atoms with Gasteiger partial charge in [-0.05, 0) is 18.9 Å². The second-order valence-electron chi connectivity index (χ2n) is 7.67. The highest BCUT2D eigenvalue weighted by molar-refractivity contribution is 5.85. The van der Waals surface area contributed by atoms with Crippen LogP contribution in [-0.2, 0) is 16.1 Å². The molecule has 1 saturated carbocycles. The van der Waals surface area contributed by atoms with Crippen molar-refractivity contribution in [3.8, 4) is 0 Å². The Labute approximate surface area is 149 Å². The molecule has 2 N–H and O–H groups in total. The quantitative estimate of drug-likeness (QED) is 0.851. The predicted molar refractivity (Wildman–Crippen MR) is 93.9 cm³/mol. The highest BCUT2D eigenvalue weighted by Crippen LogP contribution is 2.31. The molecule has 1 aromatic heterocycles. The number of ether oxygens (including phenoxy) is 1. The molecule has 7 heteroatoms. The van der Waals surface area contributed by atoms with Crippen LogP contribution in [0, 0.1) is 0 Å². The summed E-state index contributed by atoms with van der Waals surface area (Å²) in [7, 11) is 0. The van der Waals surface area contributed by atoms with Crippen LogP contribution in [0.25, 0.3) is 0 Å². The minimum Gasteiger partial charge on any atom is -0.379 e. The van der Waals surface area contributed by atoms with Crippen molar-refractivity contribution in [3.05, 3.63) is 18.0 Å². The Morgan fingerprint density at radius 1 is 1.28 bits per heavy atom. The average Bonchev–Trinajstić information content (AvgIpc) is 3.37. The average molecular weight is 347 g/mol. The molecule has 1 unspecified atom stereocenters. The monoisotopic (exact) mass is 347 g/mol. The van der Waals surface area contributed by atoms with Crippen LogP contribution in [0.1, 0.15) is 43.8 Å². The van der Waals surface area contributed by atoms with Crippen molar-refractivity contribution in [2.45, 2.75) is 50.2 Å². The number of amides is 1. The topological polar surface area (TPSA) is 76.6 Å². The summed E-state index contributed by atoms with van der Waals surface area (Å²) in [5.74, 6) is -0.238. The number of primary amides is 1. The number of nitrogens with zero attached hydrogens (tertiary/aromatic N) is 4. The molecule has 3 heterocycles. The number of hydrogen-bond acceptors (Lipinski definition) is 5. The molecular formula is C18H29N5O2. The first kappa shape index (κ1) is 17.0. The highest BCUT2D eigenvalue weighted by atomic mass is 16.5. The molecular weight excluding hydrogens is 318 g/mol. The first-order valence-electron chi connectivity index (χ1n) is 9.56. The van der Waals surface area contributed by atoms with Crippen LogP contribution in [0.2, 0.25) is 0 Å². The maximum absolute atomic E-state index is 12.0. The number of rotatable bonds is 5. The smallest absolute Gasteiger partial charge is 0.240 e. The Kier molecular flexibility index (Phi) is 4.80. The van der Waals surface area contributed by atoms with Gasteiger partial charge in [-0.1, -0.05) is 12.8 Å². The Hall–Kier alpha value is -1.44. The second-order valence-corrected chi connectivity index (χ2v) is 7.67. The van der Waals surface area contributed by atoms with E-state index in [2.05, 4.69) is 25.6 Å². The van der Waals surface area contributed by atoms with E-state index in [1.165, 1.54) is 31.4 Å². The first-order valence-corrected chi connectivity index (χ1v) is 9.56. The van der Waals surface area contributed by atoms with E-state index in [0.29, 0.717) is 19.3 Å². The van der Waals surface area contributed by atoms with Gasteiger partial charge in [0.15, 0.2) is 0 Å². The standard InChI is InChI=1S/C18H29N5O2/c19-17(24)18(6-12-25-14-18)22-10-8-21(9-11-22)13-16-5-7-20-23(16)15-3-1-2-4-15/h5,7,15H,1-4,6,8-14H2,(H2,19,24). The normalized spacial score (nSPS) is 29.4. The van der Waals surface area contributed by atoms with Gasteiger partial charge in [0, 0.05) is 51.9 Å². The van der Waals surface area contributed by atoms with Crippen LogP contribution in [-0.4, -0.2) is 70.4 Å². The Morgan fingerprint density at radius 2 is 2.04 bits per heavy atom. The van der Waals surface area contributed by atoms with Gasteiger partial charge >= 0.3 is 0 Å². The van der Waals surface area contributed by atoms with Crippen molar-refractivity contribution in [3.63, 3.8) is 0 Å². The molecule has 0 radical (unpaired) electrons.